The van der Waals surface area contributed by atoms with E-state index in [9.17, 15) is 0 Å². The highest BCUT2D eigenvalue weighted by atomic mass is 16.5. The molecule has 1 fully saturated rings. The van der Waals surface area contributed by atoms with Crippen molar-refractivity contribution in [1.82, 2.24) is 10.2 Å². The minimum Gasteiger partial charge on any atom is -0.496 e. The fourth-order valence-electron chi connectivity index (χ4n) is 2.79. The molecule has 4 nitrogen and oxygen atoms in total. The van der Waals surface area contributed by atoms with Crippen molar-refractivity contribution in [2.75, 3.05) is 39.9 Å². The van der Waals surface area contributed by atoms with Crippen molar-refractivity contribution in [3.8, 4) is 5.75 Å². The van der Waals surface area contributed by atoms with Crippen molar-refractivity contribution in [3.05, 3.63) is 29.3 Å². The molecule has 0 aromatic heterocycles. The van der Waals surface area contributed by atoms with E-state index in [0.717, 1.165) is 38.5 Å². The Morgan fingerprint density at radius 2 is 2.29 bits per heavy atom. The molecule has 1 heterocycles. The van der Waals surface area contributed by atoms with E-state index in [1.54, 1.807) is 7.11 Å². The van der Waals surface area contributed by atoms with Gasteiger partial charge in [-0.25, -0.2) is 0 Å². The third-order valence-corrected chi connectivity index (χ3v) is 4.18. The number of nitrogens with one attached hydrogen (secondary N) is 1. The van der Waals surface area contributed by atoms with Gasteiger partial charge in [0.15, 0.2) is 0 Å². The lowest BCUT2D eigenvalue weighted by Gasteiger charge is -2.33. The first-order valence-electron chi connectivity index (χ1n) is 7.86. The maximum atomic E-state index is 5.84. The minimum atomic E-state index is 0.251. The van der Waals surface area contributed by atoms with Crippen molar-refractivity contribution in [1.29, 1.82) is 0 Å². The lowest BCUT2D eigenvalue weighted by Crippen LogP contribution is -2.46. The average Bonchev–Trinajstić information content (AvgIpc) is 2.52. The summed E-state index contributed by atoms with van der Waals surface area (Å²) in [5.41, 5.74) is 2.42. The molecule has 1 aliphatic rings. The Morgan fingerprint density at radius 1 is 1.48 bits per heavy atom. The molecule has 4 heteroatoms. The number of likely N-dealkylation sites (N-methyl/N-ethyl adjacent to an activating group) is 1. The second kappa shape index (κ2) is 7.78. The Labute approximate surface area is 128 Å². The molecule has 1 aromatic rings. The summed E-state index contributed by atoms with van der Waals surface area (Å²) >= 11 is 0. The highest BCUT2D eigenvalue weighted by Crippen LogP contribution is 2.26. The van der Waals surface area contributed by atoms with Crippen molar-refractivity contribution in [2.45, 2.75) is 32.9 Å². The Balaban J connectivity index is 1.91. The summed E-state index contributed by atoms with van der Waals surface area (Å²) in [7, 11) is 1.73. The van der Waals surface area contributed by atoms with Gasteiger partial charge in [-0.1, -0.05) is 19.1 Å². The fraction of sp³-hybridized carbons (Fsp3) is 0.647. The van der Waals surface area contributed by atoms with Gasteiger partial charge < -0.3 is 14.8 Å². The highest BCUT2D eigenvalue weighted by molar-refractivity contribution is 5.39. The van der Waals surface area contributed by atoms with Crippen molar-refractivity contribution in [2.24, 2.45) is 0 Å². The Bertz CT molecular complexity index is 450. The van der Waals surface area contributed by atoms with Crippen molar-refractivity contribution >= 4 is 0 Å². The maximum Gasteiger partial charge on any atom is 0.123 e. The fourth-order valence-corrected chi connectivity index (χ4v) is 2.79. The van der Waals surface area contributed by atoms with E-state index in [1.165, 1.54) is 11.1 Å². The molecule has 1 N–H and O–H groups in total. The van der Waals surface area contributed by atoms with Gasteiger partial charge in [-0.2, -0.15) is 0 Å². The Morgan fingerprint density at radius 3 is 3.00 bits per heavy atom. The molecule has 0 radical (unpaired) electrons. The van der Waals surface area contributed by atoms with Gasteiger partial charge in [0.2, 0.25) is 0 Å². The molecular formula is C17H28N2O2. The van der Waals surface area contributed by atoms with Crippen LogP contribution in [0.4, 0.5) is 0 Å². The lowest BCUT2D eigenvalue weighted by atomic mass is 10.0. The zero-order valence-corrected chi connectivity index (χ0v) is 13.7. The molecule has 0 amide bonds. The summed E-state index contributed by atoms with van der Waals surface area (Å²) < 4.78 is 11.3. The Hall–Kier alpha value is -1.10. The van der Waals surface area contributed by atoms with Gasteiger partial charge in [0, 0.05) is 31.2 Å². The number of morpholine rings is 1. The summed E-state index contributed by atoms with van der Waals surface area (Å²) in [4.78, 5) is 2.44. The quantitative estimate of drug-likeness (QED) is 0.873. The molecule has 2 atom stereocenters. The molecule has 0 aliphatic carbocycles. The zero-order valence-electron chi connectivity index (χ0n) is 13.7. The smallest absolute Gasteiger partial charge is 0.123 e. The van der Waals surface area contributed by atoms with E-state index in [1.807, 2.05) is 0 Å². The first kappa shape index (κ1) is 16.3. The van der Waals surface area contributed by atoms with Gasteiger partial charge in [-0.15, -0.1) is 0 Å². The van der Waals surface area contributed by atoms with Crippen molar-refractivity contribution < 1.29 is 9.47 Å². The highest BCUT2D eigenvalue weighted by Gasteiger charge is 2.20. The number of benzene rings is 1. The number of nitrogens with zero attached hydrogens (tertiary/aromatic N) is 1. The predicted octanol–water partition coefficient (Wildman–Crippen LogP) is 2.37. The number of hydrogen-bond acceptors (Lipinski definition) is 4. The SMILES string of the molecule is CCN1CCOC(CNC(C)c2ccc(C)cc2OC)C1. The Kier molecular flexibility index (Phi) is 6.03. The normalized spacial score (nSPS) is 21.2. The van der Waals surface area contributed by atoms with Crippen molar-refractivity contribution in [3.63, 3.8) is 0 Å². The molecular weight excluding hydrogens is 264 g/mol. The number of methoxy groups -OCH3 is 1. The van der Waals surface area contributed by atoms with Crippen LogP contribution in [0.25, 0.3) is 0 Å². The summed E-state index contributed by atoms with van der Waals surface area (Å²) in [6, 6.07) is 6.61. The largest absolute Gasteiger partial charge is 0.496 e. The van der Waals surface area contributed by atoms with E-state index in [-0.39, 0.29) is 12.1 Å². The summed E-state index contributed by atoms with van der Waals surface area (Å²) in [6.07, 6.45) is 0.276. The third kappa shape index (κ3) is 4.43. The number of rotatable bonds is 6. The summed E-state index contributed by atoms with van der Waals surface area (Å²) in [5, 5.41) is 3.58. The van der Waals surface area contributed by atoms with Crippen LogP contribution in [-0.4, -0.2) is 50.9 Å². The van der Waals surface area contributed by atoms with Gasteiger partial charge in [-0.05, 0) is 32.0 Å². The molecule has 0 bridgehead atoms. The second-order valence-corrected chi connectivity index (χ2v) is 5.76. The van der Waals surface area contributed by atoms with Crippen LogP contribution in [0.5, 0.6) is 5.75 Å². The van der Waals surface area contributed by atoms with Gasteiger partial charge >= 0.3 is 0 Å². The van der Waals surface area contributed by atoms with Gasteiger partial charge in [-0.3, -0.25) is 4.90 Å². The molecule has 2 unspecified atom stereocenters. The predicted molar refractivity (Wildman–Crippen MR) is 86.0 cm³/mol. The van der Waals surface area contributed by atoms with Crippen LogP contribution in [0.15, 0.2) is 18.2 Å². The summed E-state index contributed by atoms with van der Waals surface area (Å²) in [5.74, 6) is 0.953. The van der Waals surface area contributed by atoms with Crippen LogP contribution in [0.1, 0.15) is 31.0 Å². The molecule has 0 saturated carbocycles. The molecule has 2 rings (SSSR count). The van der Waals surface area contributed by atoms with Gasteiger partial charge in [0.1, 0.15) is 5.75 Å². The average molecular weight is 292 g/mol. The van der Waals surface area contributed by atoms with E-state index in [4.69, 9.17) is 9.47 Å². The van der Waals surface area contributed by atoms with Crippen LogP contribution in [0, 0.1) is 6.92 Å². The van der Waals surface area contributed by atoms with Crippen LogP contribution < -0.4 is 10.1 Å². The molecule has 118 valence electrons. The van der Waals surface area contributed by atoms with Crippen LogP contribution in [-0.2, 0) is 4.74 Å². The first-order chi connectivity index (χ1) is 10.1. The standard InChI is InChI=1S/C17H28N2O2/c1-5-19-8-9-21-15(12-19)11-18-14(3)16-7-6-13(2)10-17(16)20-4/h6-7,10,14-15,18H,5,8-9,11-12H2,1-4H3. The molecule has 1 saturated heterocycles. The number of ether oxygens (including phenoxy) is 2. The molecule has 1 aromatic carbocycles. The molecule has 0 spiro atoms. The number of hydrogen-bond donors (Lipinski definition) is 1. The van der Waals surface area contributed by atoms with E-state index in [0.29, 0.717) is 0 Å². The minimum absolute atomic E-state index is 0.251. The first-order valence-corrected chi connectivity index (χ1v) is 7.86. The van der Waals surface area contributed by atoms with Crippen LogP contribution in [0.2, 0.25) is 0 Å². The topological polar surface area (TPSA) is 33.7 Å². The zero-order chi connectivity index (χ0) is 15.2. The maximum absolute atomic E-state index is 5.84. The number of aryl methyl sites for hydroxylation is 1. The molecule has 21 heavy (non-hydrogen) atoms. The van der Waals surface area contributed by atoms with E-state index >= 15 is 0 Å². The van der Waals surface area contributed by atoms with Gasteiger partial charge in [0.05, 0.1) is 19.8 Å². The lowest BCUT2D eigenvalue weighted by molar-refractivity contribution is -0.0262. The van der Waals surface area contributed by atoms with Crippen LogP contribution in [0.3, 0.4) is 0 Å². The second-order valence-electron chi connectivity index (χ2n) is 5.76. The van der Waals surface area contributed by atoms with E-state index in [2.05, 4.69) is 49.2 Å². The third-order valence-electron chi connectivity index (χ3n) is 4.18. The van der Waals surface area contributed by atoms with E-state index < -0.39 is 0 Å². The van der Waals surface area contributed by atoms with Crippen LogP contribution >= 0.6 is 0 Å². The monoisotopic (exact) mass is 292 g/mol. The summed E-state index contributed by atoms with van der Waals surface area (Å²) in [6.45, 7) is 11.3. The molecule has 1 aliphatic heterocycles. The van der Waals surface area contributed by atoms with Gasteiger partial charge in [0.25, 0.3) is 0 Å².